The number of rotatable bonds is 7. The molecule has 2 N–H and O–H groups in total. The Morgan fingerprint density at radius 1 is 1.26 bits per heavy atom. The highest BCUT2D eigenvalue weighted by Gasteiger charge is 2.44. The molecule has 4 aromatic rings. The fourth-order valence-corrected chi connectivity index (χ4v) is 3.40. The minimum Gasteiger partial charge on any atom is -0.345 e. The van der Waals surface area contributed by atoms with Crippen molar-refractivity contribution >= 4 is 17.5 Å². The number of carbonyl (C=O) groups is 1. The summed E-state index contributed by atoms with van der Waals surface area (Å²) in [5, 5.41) is 13.6. The maximum absolute atomic E-state index is 15.0. The van der Waals surface area contributed by atoms with Gasteiger partial charge in [-0.3, -0.25) is 9.48 Å². The van der Waals surface area contributed by atoms with Crippen LogP contribution in [-0.4, -0.2) is 40.8 Å². The minimum atomic E-state index is -0.517. The first-order valence-electron chi connectivity index (χ1n) is 10.7. The standard InChI is InChI=1S/C22H22FN9O2/c1-12-6-15(17-25-11-26-21(30-17)28-14-9-27-32(3)10-14)16(23)7-13(12)8-24-19(33)18-29-20(34-31-18)22(2)4-5-22/h6-7,9-11H,4-5,8H2,1-3H3,(H,24,33)(H,25,26,28,30). The lowest BCUT2D eigenvalue weighted by Crippen LogP contribution is -2.24. The zero-order chi connectivity index (χ0) is 23.9. The first-order chi connectivity index (χ1) is 16.3. The highest BCUT2D eigenvalue weighted by molar-refractivity contribution is 5.90. The van der Waals surface area contributed by atoms with Crippen molar-refractivity contribution in [3.05, 3.63) is 59.5 Å². The Kier molecular flexibility index (Phi) is 5.27. The second-order valence-corrected chi connectivity index (χ2v) is 8.59. The molecule has 34 heavy (non-hydrogen) atoms. The second-order valence-electron chi connectivity index (χ2n) is 8.59. The van der Waals surface area contributed by atoms with Crippen LogP contribution < -0.4 is 10.6 Å². The Morgan fingerprint density at radius 2 is 2.09 bits per heavy atom. The van der Waals surface area contributed by atoms with Crippen LogP contribution in [0.25, 0.3) is 11.4 Å². The number of aryl methyl sites for hydroxylation is 2. The summed E-state index contributed by atoms with van der Waals surface area (Å²) in [6.07, 6.45) is 6.62. The number of halogens is 1. The summed E-state index contributed by atoms with van der Waals surface area (Å²) >= 11 is 0. The summed E-state index contributed by atoms with van der Waals surface area (Å²) in [4.78, 5) is 29.1. The molecule has 0 aliphatic heterocycles. The van der Waals surface area contributed by atoms with Gasteiger partial charge in [-0.2, -0.15) is 15.1 Å². The third-order valence-electron chi connectivity index (χ3n) is 5.78. The van der Waals surface area contributed by atoms with E-state index in [1.54, 1.807) is 30.2 Å². The van der Waals surface area contributed by atoms with Crippen molar-refractivity contribution in [2.75, 3.05) is 5.32 Å². The number of aromatic nitrogens is 7. The molecule has 3 heterocycles. The van der Waals surface area contributed by atoms with E-state index in [0.29, 0.717) is 17.1 Å². The van der Waals surface area contributed by atoms with E-state index in [0.717, 1.165) is 18.4 Å². The number of nitrogens with one attached hydrogen (secondary N) is 2. The van der Waals surface area contributed by atoms with Crippen LogP contribution in [0.5, 0.6) is 0 Å². The van der Waals surface area contributed by atoms with Crippen molar-refractivity contribution in [2.24, 2.45) is 7.05 Å². The van der Waals surface area contributed by atoms with Gasteiger partial charge in [-0.25, -0.2) is 14.4 Å². The Labute approximate surface area is 193 Å². The van der Waals surface area contributed by atoms with Gasteiger partial charge in [0, 0.05) is 25.2 Å². The van der Waals surface area contributed by atoms with Gasteiger partial charge in [-0.15, -0.1) is 0 Å². The largest absolute Gasteiger partial charge is 0.345 e. The van der Waals surface area contributed by atoms with Gasteiger partial charge in [-0.05, 0) is 43.0 Å². The van der Waals surface area contributed by atoms with Gasteiger partial charge >= 0.3 is 0 Å². The van der Waals surface area contributed by atoms with Crippen molar-refractivity contribution in [1.82, 2.24) is 40.2 Å². The van der Waals surface area contributed by atoms with Crippen LogP contribution in [0.1, 0.15) is 47.4 Å². The normalized spacial score (nSPS) is 14.1. The van der Waals surface area contributed by atoms with E-state index in [1.165, 1.54) is 12.4 Å². The number of amides is 1. The molecule has 1 aromatic carbocycles. The molecule has 174 valence electrons. The molecule has 0 radical (unpaired) electrons. The van der Waals surface area contributed by atoms with E-state index < -0.39 is 11.7 Å². The van der Waals surface area contributed by atoms with E-state index in [9.17, 15) is 9.18 Å². The molecule has 1 aliphatic carbocycles. The van der Waals surface area contributed by atoms with Gasteiger partial charge in [0.2, 0.25) is 11.8 Å². The van der Waals surface area contributed by atoms with Crippen LogP contribution >= 0.6 is 0 Å². The van der Waals surface area contributed by atoms with Crippen molar-refractivity contribution < 1.29 is 13.7 Å². The van der Waals surface area contributed by atoms with Crippen molar-refractivity contribution in [3.63, 3.8) is 0 Å². The lowest BCUT2D eigenvalue weighted by molar-refractivity contribution is 0.0937. The molecule has 11 nitrogen and oxygen atoms in total. The third-order valence-corrected chi connectivity index (χ3v) is 5.78. The van der Waals surface area contributed by atoms with Gasteiger partial charge in [0.15, 0.2) is 5.82 Å². The monoisotopic (exact) mass is 463 g/mol. The fourth-order valence-electron chi connectivity index (χ4n) is 3.40. The lowest BCUT2D eigenvalue weighted by Gasteiger charge is -2.11. The Bertz CT molecular complexity index is 1380. The van der Waals surface area contributed by atoms with Crippen molar-refractivity contribution in [1.29, 1.82) is 0 Å². The first kappa shape index (κ1) is 21.6. The molecule has 0 unspecified atom stereocenters. The summed E-state index contributed by atoms with van der Waals surface area (Å²) in [6.45, 7) is 3.94. The molecule has 0 bridgehead atoms. The number of nitrogens with zero attached hydrogens (tertiary/aromatic N) is 7. The summed E-state index contributed by atoms with van der Waals surface area (Å²) in [5.74, 6) is -0.101. The van der Waals surface area contributed by atoms with E-state index in [2.05, 4.69) is 40.8 Å². The molecular formula is C22H22FN9O2. The van der Waals surface area contributed by atoms with Gasteiger partial charge in [0.25, 0.3) is 11.7 Å². The SMILES string of the molecule is Cc1cc(-c2ncnc(Nc3cnn(C)c3)n2)c(F)cc1CNC(=O)c1noc(C2(C)CC2)n1. The van der Waals surface area contributed by atoms with Crippen LogP contribution in [0, 0.1) is 12.7 Å². The Hall–Kier alpha value is -4.22. The Morgan fingerprint density at radius 3 is 2.82 bits per heavy atom. The summed E-state index contributed by atoms with van der Waals surface area (Å²) in [5.41, 5.74) is 2.17. The zero-order valence-electron chi connectivity index (χ0n) is 18.8. The predicted molar refractivity (Wildman–Crippen MR) is 119 cm³/mol. The Balaban J connectivity index is 1.29. The smallest absolute Gasteiger partial charge is 0.292 e. The quantitative estimate of drug-likeness (QED) is 0.424. The predicted octanol–water partition coefficient (Wildman–Crippen LogP) is 2.83. The molecule has 1 saturated carbocycles. The molecule has 5 rings (SSSR count). The lowest BCUT2D eigenvalue weighted by atomic mass is 10.0. The van der Waals surface area contributed by atoms with E-state index in [4.69, 9.17) is 4.52 Å². The average Bonchev–Trinajstić information content (AvgIpc) is 3.20. The van der Waals surface area contributed by atoms with E-state index in [-0.39, 0.29) is 35.1 Å². The molecular weight excluding hydrogens is 441 g/mol. The van der Waals surface area contributed by atoms with Crippen LogP contribution in [0.15, 0.2) is 35.4 Å². The summed E-state index contributed by atoms with van der Waals surface area (Å²) in [6, 6.07) is 3.00. The number of hydrogen-bond donors (Lipinski definition) is 2. The highest BCUT2D eigenvalue weighted by Crippen LogP contribution is 2.46. The molecule has 3 aromatic heterocycles. The molecule has 0 spiro atoms. The number of anilines is 2. The zero-order valence-corrected chi connectivity index (χ0v) is 18.8. The molecule has 1 fully saturated rings. The maximum atomic E-state index is 15.0. The van der Waals surface area contributed by atoms with Crippen LogP contribution in [0.3, 0.4) is 0 Å². The van der Waals surface area contributed by atoms with E-state index >= 15 is 0 Å². The van der Waals surface area contributed by atoms with Gasteiger partial charge in [0.1, 0.15) is 12.1 Å². The van der Waals surface area contributed by atoms with Crippen LogP contribution in [-0.2, 0) is 19.0 Å². The van der Waals surface area contributed by atoms with E-state index in [1.807, 2.05) is 13.8 Å². The van der Waals surface area contributed by atoms with Crippen LogP contribution in [0.4, 0.5) is 16.0 Å². The molecule has 0 atom stereocenters. The fraction of sp³-hybridized carbons (Fsp3) is 0.318. The highest BCUT2D eigenvalue weighted by atomic mass is 19.1. The van der Waals surface area contributed by atoms with Gasteiger partial charge < -0.3 is 15.2 Å². The molecule has 1 amide bonds. The third kappa shape index (κ3) is 4.34. The van der Waals surface area contributed by atoms with Crippen LogP contribution in [0.2, 0.25) is 0 Å². The topological polar surface area (TPSA) is 137 Å². The number of carbonyl (C=O) groups excluding carboxylic acids is 1. The second kappa shape index (κ2) is 8.28. The van der Waals surface area contributed by atoms with Crippen molar-refractivity contribution in [3.8, 4) is 11.4 Å². The minimum absolute atomic E-state index is 0.0308. The first-order valence-corrected chi connectivity index (χ1v) is 10.7. The molecule has 1 aliphatic rings. The van der Waals surface area contributed by atoms with Crippen molar-refractivity contribution in [2.45, 2.75) is 38.6 Å². The maximum Gasteiger partial charge on any atom is 0.292 e. The average molecular weight is 463 g/mol. The van der Waals surface area contributed by atoms with Gasteiger partial charge in [0.05, 0.1) is 17.4 Å². The molecule has 12 heteroatoms. The summed E-state index contributed by atoms with van der Waals surface area (Å²) < 4.78 is 21.8. The van der Waals surface area contributed by atoms with Gasteiger partial charge in [-0.1, -0.05) is 12.1 Å². The molecule has 0 saturated heterocycles. The number of hydrogen-bond acceptors (Lipinski definition) is 9. The number of benzene rings is 1. The summed E-state index contributed by atoms with van der Waals surface area (Å²) in [7, 11) is 1.79.